The third-order valence-electron chi connectivity index (χ3n) is 3.15. The van der Waals surface area contributed by atoms with Gasteiger partial charge in [-0.05, 0) is 25.1 Å². The number of halogens is 2. The molecule has 1 aromatic carbocycles. The van der Waals surface area contributed by atoms with E-state index in [1.165, 1.54) is 25.7 Å². The fourth-order valence-electron chi connectivity index (χ4n) is 2.21. The second-order valence-electron chi connectivity index (χ2n) is 4.59. The van der Waals surface area contributed by atoms with Crippen LogP contribution < -0.4 is 5.32 Å². The smallest absolute Gasteiger partial charge is 0.0468 e. The molecule has 0 radical (unpaired) electrons. The van der Waals surface area contributed by atoms with Gasteiger partial charge in [0.05, 0.1) is 0 Å². The Kier molecular flexibility index (Phi) is 7.73. The molecule has 1 unspecified atom stereocenters. The molecular formula is C15H23Cl2N. The van der Waals surface area contributed by atoms with E-state index in [2.05, 4.69) is 19.2 Å². The van der Waals surface area contributed by atoms with Crippen LogP contribution in [0.25, 0.3) is 0 Å². The number of hydrogen-bond acceptors (Lipinski definition) is 1. The number of hydrogen-bond donors (Lipinski definition) is 1. The van der Waals surface area contributed by atoms with Crippen LogP contribution in [0.1, 0.15) is 57.6 Å². The van der Waals surface area contributed by atoms with Crippen LogP contribution in [0.4, 0.5) is 0 Å². The van der Waals surface area contributed by atoms with Crippen LogP contribution in [-0.4, -0.2) is 6.54 Å². The lowest BCUT2D eigenvalue weighted by Gasteiger charge is -2.20. The fraction of sp³-hybridized carbons (Fsp3) is 0.600. The van der Waals surface area contributed by atoms with Gasteiger partial charge in [-0.3, -0.25) is 0 Å². The largest absolute Gasteiger partial charge is 0.310 e. The van der Waals surface area contributed by atoms with Crippen molar-refractivity contribution in [2.24, 2.45) is 0 Å². The second kappa shape index (κ2) is 8.79. The zero-order valence-corrected chi connectivity index (χ0v) is 12.8. The Bertz CT molecular complexity index is 332. The van der Waals surface area contributed by atoms with Gasteiger partial charge < -0.3 is 5.32 Å². The van der Waals surface area contributed by atoms with E-state index in [1.54, 1.807) is 0 Å². The van der Waals surface area contributed by atoms with Gasteiger partial charge in [0.25, 0.3) is 0 Å². The van der Waals surface area contributed by atoms with Crippen LogP contribution in [0.5, 0.6) is 0 Å². The molecule has 1 nitrogen and oxygen atoms in total. The Balaban J connectivity index is 2.71. The topological polar surface area (TPSA) is 12.0 Å². The van der Waals surface area contributed by atoms with E-state index in [1.807, 2.05) is 18.2 Å². The maximum atomic E-state index is 6.28. The molecule has 1 atom stereocenters. The Morgan fingerprint density at radius 1 is 1.06 bits per heavy atom. The van der Waals surface area contributed by atoms with Gasteiger partial charge >= 0.3 is 0 Å². The SMILES string of the molecule is CCCCCCC(NCC)c1c(Cl)cccc1Cl. The van der Waals surface area contributed by atoms with E-state index in [4.69, 9.17) is 23.2 Å². The van der Waals surface area contributed by atoms with Gasteiger partial charge in [0.1, 0.15) is 0 Å². The van der Waals surface area contributed by atoms with Crippen molar-refractivity contribution in [3.05, 3.63) is 33.8 Å². The normalized spacial score (nSPS) is 12.7. The predicted octanol–water partition coefficient (Wildman–Crippen LogP) is 5.61. The lowest BCUT2D eigenvalue weighted by molar-refractivity contribution is 0.482. The molecule has 0 saturated carbocycles. The molecule has 1 N–H and O–H groups in total. The van der Waals surface area contributed by atoms with Crippen molar-refractivity contribution in [3.63, 3.8) is 0 Å². The van der Waals surface area contributed by atoms with Gasteiger partial charge in [-0.15, -0.1) is 0 Å². The Morgan fingerprint density at radius 2 is 1.72 bits per heavy atom. The molecule has 0 spiro atoms. The molecule has 0 heterocycles. The highest BCUT2D eigenvalue weighted by atomic mass is 35.5. The summed E-state index contributed by atoms with van der Waals surface area (Å²) >= 11 is 12.6. The zero-order valence-electron chi connectivity index (χ0n) is 11.3. The lowest BCUT2D eigenvalue weighted by Crippen LogP contribution is -2.21. The van der Waals surface area contributed by atoms with Crippen LogP contribution in [0.2, 0.25) is 10.0 Å². The summed E-state index contributed by atoms with van der Waals surface area (Å²) in [7, 11) is 0. The summed E-state index contributed by atoms with van der Waals surface area (Å²) in [5.41, 5.74) is 1.05. The van der Waals surface area contributed by atoms with Crippen LogP contribution in [0.3, 0.4) is 0 Å². The molecule has 0 bridgehead atoms. The number of unbranched alkanes of at least 4 members (excludes halogenated alkanes) is 3. The standard InChI is InChI=1S/C15H23Cl2N/c1-3-5-6-7-11-14(18-4-2)15-12(16)9-8-10-13(15)17/h8-10,14,18H,3-7,11H2,1-2H3. The molecule has 0 saturated heterocycles. The molecule has 0 aliphatic carbocycles. The first-order valence-corrected chi connectivity index (χ1v) is 7.63. The van der Waals surface area contributed by atoms with Crippen LogP contribution >= 0.6 is 23.2 Å². The molecule has 0 aliphatic heterocycles. The van der Waals surface area contributed by atoms with E-state index in [0.717, 1.165) is 28.6 Å². The van der Waals surface area contributed by atoms with Gasteiger partial charge in [0.2, 0.25) is 0 Å². The third kappa shape index (κ3) is 4.79. The summed E-state index contributed by atoms with van der Waals surface area (Å²) in [4.78, 5) is 0. The highest BCUT2D eigenvalue weighted by molar-refractivity contribution is 6.36. The number of benzene rings is 1. The monoisotopic (exact) mass is 287 g/mol. The Hall–Kier alpha value is -0.240. The molecule has 1 rings (SSSR count). The van der Waals surface area contributed by atoms with Gasteiger partial charge in [0.15, 0.2) is 0 Å². The quantitative estimate of drug-likeness (QED) is 0.613. The minimum absolute atomic E-state index is 0.271. The summed E-state index contributed by atoms with van der Waals surface area (Å²) < 4.78 is 0. The summed E-state index contributed by atoms with van der Waals surface area (Å²) in [5.74, 6) is 0. The lowest BCUT2D eigenvalue weighted by atomic mass is 9.99. The molecule has 102 valence electrons. The van der Waals surface area contributed by atoms with Crippen molar-refractivity contribution in [1.29, 1.82) is 0 Å². The van der Waals surface area contributed by atoms with Crippen molar-refractivity contribution < 1.29 is 0 Å². The van der Waals surface area contributed by atoms with Crippen LogP contribution in [-0.2, 0) is 0 Å². The fourth-order valence-corrected chi connectivity index (χ4v) is 2.87. The highest BCUT2D eigenvalue weighted by Crippen LogP contribution is 2.32. The van der Waals surface area contributed by atoms with Crippen molar-refractivity contribution in [2.45, 2.75) is 52.0 Å². The van der Waals surface area contributed by atoms with Crippen LogP contribution in [0.15, 0.2) is 18.2 Å². The van der Waals surface area contributed by atoms with E-state index >= 15 is 0 Å². The van der Waals surface area contributed by atoms with E-state index < -0.39 is 0 Å². The highest BCUT2D eigenvalue weighted by Gasteiger charge is 2.16. The third-order valence-corrected chi connectivity index (χ3v) is 3.80. The minimum Gasteiger partial charge on any atom is -0.310 e. The molecular weight excluding hydrogens is 265 g/mol. The first kappa shape index (κ1) is 15.8. The maximum absolute atomic E-state index is 6.28. The van der Waals surface area contributed by atoms with Crippen molar-refractivity contribution in [2.75, 3.05) is 6.54 Å². The summed E-state index contributed by atoms with van der Waals surface area (Å²) in [6.45, 7) is 5.27. The van der Waals surface area contributed by atoms with E-state index in [-0.39, 0.29) is 6.04 Å². The zero-order chi connectivity index (χ0) is 13.4. The molecule has 3 heteroatoms. The van der Waals surface area contributed by atoms with Gasteiger partial charge in [-0.25, -0.2) is 0 Å². The summed E-state index contributed by atoms with van der Waals surface area (Å²) in [6.07, 6.45) is 6.15. The average Bonchev–Trinajstić information content (AvgIpc) is 2.34. The second-order valence-corrected chi connectivity index (χ2v) is 5.41. The molecule has 0 aromatic heterocycles. The summed E-state index contributed by atoms with van der Waals surface area (Å²) in [5, 5.41) is 5.02. The van der Waals surface area contributed by atoms with Crippen molar-refractivity contribution in [3.8, 4) is 0 Å². The van der Waals surface area contributed by atoms with Gasteiger partial charge in [0, 0.05) is 21.7 Å². The number of rotatable bonds is 8. The van der Waals surface area contributed by atoms with Crippen molar-refractivity contribution in [1.82, 2.24) is 5.32 Å². The van der Waals surface area contributed by atoms with Crippen molar-refractivity contribution >= 4 is 23.2 Å². The average molecular weight is 288 g/mol. The van der Waals surface area contributed by atoms with Crippen LogP contribution in [0, 0.1) is 0 Å². The molecule has 0 fully saturated rings. The Labute approximate surface area is 121 Å². The minimum atomic E-state index is 0.271. The first-order chi connectivity index (χ1) is 8.70. The molecule has 1 aromatic rings. The predicted molar refractivity (Wildman–Crippen MR) is 81.6 cm³/mol. The molecule has 0 amide bonds. The van der Waals surface area contributed by atoms with Gasteiger partial charge in [-0.2, -0.15) is 0 Å². The van der Waals surface area contributed by atoms with E-state index in [9.17, 15) is 0 Å². The van der Waals surface area contributed by atoms with E-state index in [0.29, 0.717) is 0 Å². The number of nitrogens with one attached hydrogen (secondary N) is 1. The Morgan fingerprint density at radius 3 is 2.28 bits per heavy atom. The summed E-state index contributed by atoms with van der Waals surface area (Å²) in [6, 6.07) is 6.00. The first-order valence-electron chi connectivity index (χ1n) is 6.88. The molecule has 18 heavy (non-hydrogen) atoms. The maximum Gasteiger partial charge on any atom is 0.0468 e. The van der Waals surface area contributed by atoms with Gasteiger partial charge in [-0.1, -0.05) is 68.8 Å². The molecule has 0 aliphatic rings.